The first-order chi connectivity index (χ1) is 19.9. The van der Waals surface area contributed by atoms with Crippen molar-refractivity contribution in [3.63, 3.8) is 0 Å². The van der Waals surface area contributed by atoms with E-state index in [2.05, 4.69) is 59.5 Å². The maximum Gasteiger partial charge on any atom is 0.318 e. The lowest BCUT2D eigenvalue weighted by molar-refractivity contribution is -0.128. The summed E-state index contributed by atoms with van der Waals surface area (Å²) in [5, 5.41) is 9.51. The molecule has 0 radical (unpaired) electrons. The third kappa shape index (κ3) is 5.50. The second kappa shape index (κ2) is 11.7. The lowest BCUT2D eigenvalue weighted by atomic mass is 10.0. The van der Waals surface area contributed by atoms with Gasteiger partial charge in [0.15, 0.2) is 0 Å². The number of fused-ring (bicyclic) bond motifs is 2. The Balaban J connectivity index is 1.31. The standard InChI is InChI=1S/C32H41N7O2/c1-4-30(40)39-16-15-38(19-24(39)10-12-33)31-26-11-14-37(29-9-5-7-23-17-22(2)18-27(23)29)20-28(26)34-32(35-31)41-21-25-8-6-13-36(25)3/h4-5,7,9,22,24-25H,1,6,8,10-11,13-21H2,2-3H3/t22?,24-,25-/m0/s1. The molecule has 9 heteroatoms. The van der Waals surface area contributed by atoms with E-state index < -0.39 is 0 Å². The molecule has 0 spiro atoms. The zero-order valence-corrected chi connectivity index (χ0v) is 24.4. The van der Waals surface area contributed by atoms with Gasteiger partial charge in [0.25, 0.3) is 0 Å². The molecule has 2 saturated heterocycles. The summed E-state index contributed by atoms with van der Waals surface area (Å²) >= 11 is 0. The van der Waals surface area contributed by atoms with Crippen molar-refractivity contribution in [3.05, 3.63) is 53.2 Å². The molecule has 1 aliphatic carbocycles. The highest BCUT2D eigenvalue weighted by Gasteiger charge is 2.34. The molecule has 4 aliphatic rings. The number of amides is 1. The molecule has 2 aromatic rings. The van der Waals surface area contributed by atoms with Gasteiger partial charge in [-0.05, 0) is 74.9 Å². The summed E-state index contributed by atoms with van der Waals surface area (Å²) in [4.78, 5) is 31.3. The number of carbonyl (C=O) groups excluding carboxylic acids is 1. The van der Waals surface area contributed by atoms with Crippen molar-refractivity contribution < 1.29 is 9.53 Å². The number of nitrogens with zero attached hydrogens (tertiary/aromatic N) is 7. The summed E-state index contributed by atoms with van der Waals surface area (Å²) in [5.41, 5.74) is 6.47. The monoisotopic (exact) mass is 555 g/mol. The molecular weight excluding hydrogens is 514 g/mol. The molecular formula is C32H41N7O2. The molecule has 0 N–H and O–H groups in total. The van der Waals surface area contributed by atoms with Crippen LogP contribution in [0.4, 0.5) is 11.5 Å². The molecule has 1 aromatic carbocycles. The van der Waals surface area contributed by atoms with Gasteiger partial charge < -0.3 is 24.3 Å². The lowest BCUT2D eigenvalue weighted by Gasteiger charge is -2.42. The summed E-state index contributed by atoms with van der Waals surface area (Å²) in [6, 6.07) is 9.59. The smallest absolute Gasteiger partial charge is 0.318 e. The van der Waals surface area contributed by atoms with E-state index in [0.29, 0.717) is 50.8 Å². The number of carbonyl (C=O) groups is 1. The molecule has 0 saturated carbocycles. The van der Waals surface area contributed by atoms with Gasteiger partial charge in [0.1, 0.15) is 12.4 Å². The maximum absolute atomic E-state index is 12.5. The number of likely N-dealkylation sites (tertiary alicyclic amines) is 1. The van der Waals surface area contributed by atoms with E-state index in [1.54, 1.807) is 4.90 Å². The van der Waals surface area contributed by atoms with Crippen molar-refractivity contribution in [1.82, 2.24) is 19.8 Å². The predicted octanol–water partition coefficient (Wildman–Crippen LogP) is 3.36. The average molecular weight is 556 g/mol. The topological polar surface area (TPSA) is 88.8 Å². The van der Waals surface area contributed by atoms with Crippen LogP contribution < -0.4 is 14.5 Å². The molecule has 3 atom stereocenters. The Bertz CT molecular complexity index is 1350. The van der Waals surface area contributed by atoms with Crippen LogP contribution in [0.5, 0.6) is 6.01 Å². The van der Waals surface area contributed by atoms with Gasteiger partial charge in [-0.15, -0.1) is 0 Å². The molecule has 1 unspecified atom stereocenters. The van der Waals surface area contributed by atoms with Gasteiger partial charge in [0.05, 0.1) is 30.8 Å². The fourth-order valence-electron chi connectivity index (χ4n) is 7.16. The molecule has 2 fully saturated rings. The summed E-state index contributed by atoms with van der Waals surface area (Å²) in [5.74, 6) is 1.45. The number of likely N-dealkylation sites (N-methyl/N-ethyl adjacent to an activating group) is 1. The Hall–Kier alpha value is -3.64. The highest BCUT2D eigenvalue weighted by Crippen LogP contribution is 2.38. The van der Waals surface area contributed by atoms with Gasteiger partial charge in [0.2, 0.25) is 5.91 Å². The third-order valence-corrected chi connectivity index (χ3v) is 9.38. The van der Waals surface area contributed by atoms with Gasteiger partial charge in [-0.1, -0.05) is 25.6 Å². The fraction of sp³-hybridized carbons (Fsp3) is 0.562. The number of piperazine rings is 1. The number of aromatic nitrogens is 2. The summed E-state index contributed by atoms with van der Waals surface area (Å²) in [6.45, 7) is 11.0. The van der Waals surface area contributed by atoms with Crippen molar-refractivity contribution >= 4 is 17.4 Å². The molecule has 0 bridgehead atoms. The second-order valence-corrected chi connectivity index (χ2v) is 12.1. The SMILES string of the molecule is C=CC(=O)N1CCN(c2nc(OC[C@@H]3CCCN3C)nc3c2CCN(c2cccc4c2CC(C)C4)C3)C[C@@H]1CC#N. The highest BCUT2D eigenvalue weighted by atomic mass is 16.5. The average Bonchev–Trinajstić information content (AvgIpc) is 3.58. The van der Waals surface area contributed by atoms with Crippen LogP contribution in [-0.4, -0.2) is 84.1 Å². The van der Waals surface area contributed by atoms with Crippen LogP contribution >= 0.6 is 0 Å². The van der Waals surface area contributed by atoms with Crippen molar-refractivity contribution in [2.24, 2.45) is 5.92 Å². The van der Waals surface area contributed by atoms with Crippen LogP contribution in [0.1, 0.15) is 48.6 Å². The van der Waals surface area contributed by atoms with Crippen LogP contribution in [0, 0.1) is 17.2 Å². The Kier molecular flexibility index (Phi) is 7.85. The summed E-state index contributed by atoms with van der Waals surface area (Å²) < 4.78 is 6.30. The van der Waals surface area contributed by atoms with E-state index in [9.17, 15) is 10.1 Å². The van der Waals surface area contributed by atoms with Gasteiger partial charge in [-0.25, -0.2) is 0 Å². The molecule has 216 valence electrons. The van der Waals surface area contributed by atoms with Crippen LogP contribution in [0.2, 0.25) is 0 Å². The van der Waals surface area contributed by atoms with E-state index in [1.807, 2.05) is 0 Å². The van der Waals surface area contributed by atoms with E-state index in [1.165, 1.54) is 29.3 Å². The van der Waals surface area contributed by atoms with E-state index >= 15 is 0 Å². The Labute approximate surface area is 243 Å². The van der Waals surface area contributed by atoms with Crippen molar-refractivity contribution in [2.45, 2.75) is 64.1 Å². The Morgan fingerprint density at radius 3 is 2.80 bits per heavy atom. The van der Waals surface area contributed by atoms with E-state index in [0.717, 1.165) is 55.8 Å². The first kappa shape index (κ1) is 27.5. The minimum Gasteiger partial charge on any atom is -0.462 e. The molecule has 6 rings (SSSR count). The zero-order valence-electron chi connectivity index (χ0n) is 24.4. The quantitative estimate of drug-likeness (QED) is 0.481. The predicted molar refractivity (Wildman–Crippen MR) is 159 cm³/mol. The van der Waals surface area contributed by atoms with E-state index in [-0.39, 0.29) is 18.4 Å². The van der Waals surface area contributed by atoms with E-state index in [4.69, 9.17) is 14.7 Å². The fourth-order valence-corrected chi connectivity index (χ4v) is 7.16. The Morgan fingerprint density at radius 2 is 2.02 bits per heavy atom. The molecule has 4 heterocycles. The van der Waals surface area contributed by atoms with Gasteiger partial charge >= 0.3 is 6.01 Å². The lowest BCUT2D eigenvalue weighted by Crippen LogP contribution is -2.55. The summed E-state index contributed by atoms with van der Waals surface area (Å²) in [7, 11) is 2.15. The molecule has 3 aliphatic heterocycles. The van der Waals surface area contributed by atoms with Gasteiger partial charge in [-0.3, -0.25) is 4.79 Å². The highest BCUT2D eigenvalue weighted by molar-refractivity contribution is 5.87. The minimum absolute atomic E-state index is 0.125. The van der Waals surface area contributed by atoms with Gasteiger partial charge in [0, 0.05) is 43.5 Å². The van der Waals surface area contributed by atoms with Crippen LogP contribution in [0.15, 0.2) is 30.9 Å². The largest absolute Gasteiger partial charge is 0.462 e. The number of hydrogen-bond acceptors (Lipinski definition) is 8. The molecule has 9 nitrogen and oxygen atoms in total. The number of nitriles is 1. The molecule has 1 amide bonds. The van der Waals surface area contributed by atoms with Crippen molar-refractivity contribution in [2.75, 3.05) is 56.2 Å². The van der Waals surface area contributed by atoms with Crippen LogP contribution in [-0.2, 0) is 30.6 Å². The van der Waals surface area contributed by atoms with Crippen LogP contribution in [0.3, 0.4) is 0 Å². The summed E-state index contributed by atoms with van der Waals surface area (Å²) in [6.07, 6.45) is 7.03. The maximum atomic E-state index is 12.5. The van der Waals surface area contributed by atoms with Crippen molar-refractivity contribution in [3.8, 4) is 12.1 Å². The van der Waals surface area contributed by atoms with Crippen LogP contribution in [0.25, 0.3) is 0 Å². The number of hydrogen-bond donors (Lipinski definition) is 0. The number of ether oxygens (including phenoxy) is 1. The number of anilines is 2. The Morgan fingerprint density at radius 1 is 1.15 bits per heavy atom. The normalized spacial score (nSPS) is 24.1. The number of benzene rings is 1. The second-order valence-electron chi connectivity index (χ2n) is 12.1. The van der Waals surface area contributed by atoms with Crippen molar-refractivity contribution in [1.29, 1.82) is 5.26 Å². The third-order valence-electron chi connectivity index (χ3n) is 9.38. The minimum atomic E-state index is -0.213. The molecule has 1 aromatic heterocycles. The molecule has 41 heavy (non-hydrogen) atoms. The first-order valence-electron chi connectivity index (χ1n) is 15.1. The first-order valence-corrected chi connectivity index (χ1v) is 15.1. The van der Waals surface area contributed by atoms with Gasteiger partial charge in [-0.2, -0.15) is 15.2 Å². The number of rotatable bonds is 7. The zero-order chi connectivity index (χ0) is 28.5.